The quantitative estimate of drug-likeness (QED) is 0.864. The molecule has 0 spiro atoms. The molecule has 0 radical (unpaired) electrons. The number of hydrogen-bond acceptors (Lipinski definition) is 5. The Bertz CT molecular complexity index is 822. The summed E-state index contributed by atoms with van der Waals surface area (Å²) >= 11 is 0. The van der Waals surface area contributed by atoms with Gasteiger partial charge in [0, 0.05) is 43.9 Å². The van der Waals surface area contributed by atoms with Gasteiger partial charge in [-0.15, -0.1) is 0 Å². The van der Waals surface area contributed by atoms with Crippen LogP contribution in [0, 0.1) is 11.8 Å². The third-order valence-electron chi connectivity index (χ3n) is 5.96. The van der Waals surface area contributed by atoms with Crippen molar-refractivity contribution < 1.29 is 5.11 Å². The first-order chi connectivity index (χ1) is 13.5. The summed E-state index contributed by atoms with van der Waals surface area (Å²) in [6, 6.07) is 10.8. The van der Waals surface area contributed by atoms with Crippen LogP contribution < -0.4 is 9.80 Å². The molecule has 0 aliphatic carbocycles. The molecule has 1 aromatic heterocycles. The van der Waals surface area contributed by atoms with Gasteiger partial charge in [0.25, 0.3) is 0 Å². The number of para-hydroxylation sites is 1. The molecule has 28 heavy (non-hydrogen) atoms. The second-order valence-electron chi connectivity index (χ2n) is 8.78. The molecule has 3 heterocycles. The van der Waals surface area contributed by atoms with Gasteiger partial charge in [0.2, 0.25) is 0 Å². The zero-order chi connectivity index (χ0) is 19.7. The van der Waals surface area contributed by atoms with Gasteiger partial charge < -0.3 is 14.9 Å². The fourth-order valence-corrected chi connectivity index (χ4v) is 4.43. The molecule has 0 saturated carbocycles. The number of anilines is 3. The van der Waals surface area contributed by atoms with Crippen LogP contribution in [0.15, 0.2) is 30.3 Å². The molecule has 2 aliphatic heterocycles. The van der Waals surface area contributed by atoms with Gasteiger partial charge in [0.1, 0.15) is 17.5 Å². The van der Waals surface area contributed by atoms with Crippen molar-refractivity contribution >= 4 is 17.3 Å². The molecular weight excluding hydrogens is 348 g/mol. The summed E-state index contributed by atoms with van der Waals surface area (Å²) in [4.78, 5) is 14.6. The van der Waals surface area contributed by atoms with Gasteiger partial charge in [-0.05, 0) is 42.7 Å². The summed E-state index contributed by atoms with van der Waals surface area (Å²) in [5.41, 5.74) is 2.66. The number of nitrogens with zero attached hydrogens (tertiary/aromatic N) is 4. The van der Waals surface area contributed by atoms with Crippen molar-refractivity contribution in [2.24, 2.45) is 11.8 Å². The highest BCUT2D eigenvalue weighted by atomic mass is 16.3. The molecule has 1 N–H and O–H groups in total. The monoisotopic (exact) mass is 380 g/mol. The molecule has 2 unspecified atom stereocenters. The predicted octanol–water partition coefficient (Wildman–Crippen LogP) is 4.14. The molecule has 5 nitrogen and oxygen atoms in total. The number of benzene rings is 1. The number of aliphatic hydroxyl groups is 1. The summed E-state index contributed by atoms with van der Waals surface area (Å²) in [7, 11) is 0. The third-order valence-corrected chi connectivity index (χ3v) is 5.96. The third kappa shape index (κ3) is 3.86. The molecule has 0 amide bonds. The van der Waals surface area contributed by atoms with Crippen LogP contribution in [0.4, 0.5) is 17.3 Å². The number of aromatic nitrogens is 2. The van der Waals surface area contributed by atoms with E-state index in [1.165, 1.54) is 11.3 Å². The fraction of sp³-hybridized carbons (Fsp3) is 0.565. The summed E-state index contributed by atoms with van der Waals surface area (Å²) in [6.45, 7) is 9.72. The predicted molar refractivity (Wildman–Crippen MR) is 114 cm³/mol. The van der Waals surface area contributed by atoms with Crippen LogP contribution in [0.25, 0.3) is 0 Å². The van der Waals surface area contributed by atoms with Crippen molar-refractivity contribution in [1.29, 1.82) is 0 Å². The minimum Gasteiger partial charge on any atom is -0.396 e. The van der Waals surface area contributed by atoms with E-state index in [1.54, 1.807) is 0 Å². The van der Waals surface area contributed by atoms with Crippen LogP contribution in [0.1, 0.15) is 50.9 Å². The Morgan fingerprint density at radius 1 is 1.14 bits per heavy atom. The molecular formula is C23H32N4O. The fourth-order valence-electron chi connectivity index (χ4n) is 4.43. The minimum atomic E-state index is 0.252. The van der Waals surface area contributed by atoms with Crippen molar-refractivity contribution in [3.05, 3.63) is 41.7 Å². The van der Waals surface area contributed by atoms with Crippen molar-refractivity contribution in [2.45, 2.75) is 46.0 Å². The Kier molecular flexibility index (Phi) is 5.54. The van der Waals surface area contributed by atoms with Crippen LogP contribution >= 0.6 is 0 Å². The number of rotatable bonds is 4. The lowest BCUT2D eigenvalue weighted by atomic mass is 9.94. The van der Waals surface area contributed by atoms with E-state index in [-0.39, 0.29) is 12.5 Å². The normalized spacial score (nSPS) is 22.5. The lowest BCUT2D eigenvalue weighted by molar-refractivity contribution is 0.208. The van der Waals surface area contributed by atoms with Crippen molar-refractivity contribution in [3.63, 3.8) is 0 Å². The van der Waals surface area contributed by atoms with Gasteiger partial charge in [0.15, 0.2) is 0 Å². The van der Waals surface area contributed by atoms with E-state index in [9.17, 15) is 5.11 Å². The Labute approximate surface area is 168 Å². The van der Waals surface area contributed by atoms with E-state index in [2.05, 4.69) is 60.9 Å². The van der Waals surface area contributed by atoms with Gasteiger partial charge in [-0.1, -0.05) is 39.0 Å². The van der Waals surface area contributed by atoms with Crippen LogP contribution in [0.2, 0.25) is 0 Å². The van der Waals surface area contributed by atoms with E-state index in [1.807, 2.05) is 0 Å². The number of aliphatic hydroxyl groups excluding tert-OH is 1. The van der Waals surface area contributed by atoms with Gasteiger partial charge >= 0.3 is 0 Å². The lowest BCUT2D eigenvalue weighted by Crippen LogP contribution is -2.38. The molecule has 0 bridgehead atoms. The Morgan fingerprint density at radius 3 is 2.71 bits per heavy atom. The largest absolute Gasteiger partial charge is 0.396 e. The summed E-state index contributed by atoms with van der Waals surface area (Å²) in [5.74, 6) is 4.10. The van der Waals surface area contributed by atoms with Gasteiger partial charge in [-0.25, -0.2) is 9.97 Å². The summed E-state index contributed by atoms with van der Waals surface area (Å²) < 4.78 is 0. The van der Waals surface area contributed by atoms with Crippen LogP contribution in [0.3, 0.4) is 0 Å². The Morgan fingerprint density at radius 2 is 1.93 bits per heavy atom. The number of piperidine rings is 1. The number of hydrogen-bond donors (Lipinski definition) is 1. The van der Waals surface area contributed by atoms with Crippen molar-refractivity contribution in [3.8, 4) is 0 Å². The zero-order valence-corrected chi connectivity index (χ0v) is 17.3. The van der Waals surface area contributed by atoms with Crippen LogP contribution in [-0.2, 0) is 6.42 Å². The second-order valence-corrected chi connectivity index (χ2v) is 8.78. The van der Waals surface area contributed by atoms with E-state index < -0.39 is 0 Å². The average molecular weight is 381 g/mol. The van der Waals surface area contributed by atoms with E-state index >= 15 is 0 Å². The van der Waals surface area contributed by atoms with Gasteiger partial charge in [0.05, 0.1) is 0 Å². The summed E-state index contributed by atoms with van der Waals surface area (Å²) in [6.07, 6.45) is 3.32. The molecule has 5 heteroatoms. The molecule has 2 aromatic rings. The molecule has 1 saturated heterocycles. The molecule has 150 valence electrons. The zero-order valence-electron chi connectivity index (χ0n) is 17.3. The average Bonchev–Trinajstić information content (AvgIpc) is 2.72. The maximum Gasteiger partial charge on any atom is 0.138 e. The summed E-state index contributed by atoms with van der Waals surface area (Å²) in [5, 5.41) is 9.63. The minimum absolute atomic E-state index is 0.252. The van der Waals surface area contributed by atoms with Crippen LogP contribution in [-0.4, -0.2) is 41.3 Å². The molecule has 1 aromatic carbocycles. The highest BCUT2D eigenvalue weighted by Crippen LogP contribution is 2.36. The highest BCUT2D eigenvalue weighted by Gasteiger charge is 2.26. The first kappa shape index (κ1) is 19.2. The maximum atomic E-state index is 9.63. The van der Waals surface area contributed by atoms with Gasteiger partial charge in [-0.2, -0.15) is 0 Å². The maximum absolute atomic E-state index is 9.63. The molecule has 4 rings (SSSR count). The molecule has 1 fully saturated rings. The molecule has 2 aliphatic rings. The van der Waals surface area contributed by atoms with Gasteiger partial charge in [-0.3, -0.25) is 0 Å². The van der Waals surface area contributed by atoms with E-state index in [4.69, 9.17) is 9.97 Å². The second kappa shape index (κ2) is 8.08. The van der Waals surface area contributed by atoms with E-state index in [0.29, 0.717) is 11.8 Å². The van der Waals surface area contributed by atoms with E-state index in [0.717, 1.165) is 56.4 Å². The van der Waals surface area contributed by atoms with Crippen molar-refractivity contribution in [1.82, 2.24) is 9.97 Å². The Hall–Kier alpha value is -2.14. The highest BCUT2D eigenvalue weighted by molar-refractivity contribution is 5.67. The van der Waals surface area contributed by atoms with Crippen molar-refractivity contribution in [2.75, 3.05) is 36.0 Å². The first-order valence-electron chi connectivity index (χ1n) is 10.7. The lowest BCUT2D eigenvalue weighted by Gasteiger charge is -2.36. The Balaban J connectivity index is 1.74. The first-order valence-corrected chi connectivity index (χ1v) is 10.7. The number of fused-ring (bicyclic) bond motifs is 1. The van der Waals surface area contributed by atoms with Crippen LogP contribution in [0.5, 0.6) is 0 Å². The standard InChI is InChI=1S/C23H32N4O/c1-16(2)23-24-21(26-10-6-7-18(14-26)15-28)12-22(25-23)27-13-17(3)11-19-8-4-5-9-20(19)27/h4-5,8-9,12,16-18,28H,6-7,10-11,13-15H2,1-3H3. The molecule has 2 atom stereocenters. The smallest absolute Gasteiger partial charge is 0.138 e. The SMILES string of the molecule is CC1Cc2ccccc2N(c2cc(N3CCCC(CO)C3)nc(C(C)C)n2)C1. The topological polar surface area (TPSA) is 52.5 Å².